The lowest BCUT2D eigenvalue weighted by Gasteiger charge is -2.22. The van der Waals surface area contributed by atoms with E-state index in [-0.39, 0.29) is 23.1 Å². The van der Waals surface area contributed by atoms with Crippen molar-refractivity contribution in [1.82, 2.24) is 0 Å². The molecule has 26 heavy (non-hydrogen) atoms. The van der Waals surface area contributed by atoms with Crippen LogP contribution in [0, 0.1) is 5.92 Å². The molecule has 0 aliphatic heterocycles. The summed E-state index contributed by atoms with van der Waals surface area (Å²) >= 11 is 0. The molecule has 0 heterocycles. The summed E-state index contributed by atoms with van der Waals surface area (Å²) in [6.45, 7) is 2.91. The Morgan fingerprint density at radius 1 is 0.846 bits per heavy atom. The van der Waals surface area contributed by atoms with Gasteiger partial charge in [-0.1, -0.05) is 39.0 Å². The lowest BCUT2D eigenvalue weighted by Crippen LogP contribution is -2.16. The predicted octanol–water partition coefficient (Wildman–Crippen LogP) is 2.93. The van der Waals surface area contributed by atoms with E-state index in [4.69, 9.17) is 20.4 Å². The Morgan fingerprint density at radius 2 is 1.35 bits per heavy atom. The summed E-state index contributed by atoms with van der Waals surface area (Å²) < 4.78 is 0. The highest BCUT2D eigenvalue weighted by molar-refractivity contribution is 5.98. The summed E-state index contributed by atoms with van der Waals surface area (Å²) in [5.41, 5.74) is -0.0162. The number of rotatable bonds is 7. The zero-order valence-corrected chi connectivity index (χ0v) is 15.0. The SMILES string of the molecule is C/C(=C/C(=O)O)C(=O)O.CC/C(C(=O)O)=C(\CC1CCCCC1)C(=O)O. The van der Waals surface area contributed by atoms with Crippen LogP contribution in [-0.4, -0.2) is 44.3 Å². The molecular formula is C18H26O8. The predicted molar refractivity (Wildman–Crippen MR) is 92.8 cm³/mol. The van der Waals surface area contributed by atoms with Crippen molar-refractivity contribution in [1.29, 1.82) is 0 Å². The van der Waals surface area contributed by atoms with Crippen molar-refractivity contribution >= 4 is 23.9 Å². The smallest absolute Gasteiger partial charge is 0.332 e. The standard InChI is InChI=1S/C13H20O4.C5H6O4/c1-2-10(12(14)15)11(13(16)17)8-9-6-4-3-5-7-9;1-3(5(8)9)2-4(6)7/h9H,2-8H2,1H3,(H,14,15)(H,16,17);2H,1H3,(H,6,7)(H,8,9)/b11-10-;3-2-. The van der Waals surface area contributed by atoms with Crippen molar-refractivity contribution in [3.63, 3.8) is 0 Å². The molecule has 0 aromatic heterocycles. The molecule has 0 atom stereocenters. The Labute approximate surface area is 151 Å². The highest BCUT2D eigenvalue weighted by atomic mass is 16.4. The number of carboxylic acids is 4. The van der Waals surface area contributed by atoms with Crippen molar-refractivity contribution in [2.45, 2.75) is 58.8 Å². The van der Waals surface area contributed by atoms with Crippen LogP contribution in [0.2, 0.25) is 0 Å². The van der Waals surface area contributed by atoms with E-state index in [0.29, 0.717) is 18.4 Å². The van der Waals surface area contributed by atoms with Gasteiger partial charge < -0.3 is 20.4 Å². The third kappa shape index (κ3) is 9.00. The Hall–Kier alpha value is -2.64. The zero-order chi connectivity index (χ0) is 20.3. The van der Waals surface area contributed by atoms with Crippen LogP contribution in [0.4, 0.5) is 0 Å². The summed E-state index contributed by atoms with van der Waals surface area (Å²) in [4.78, 5) is 41.8. The first-order valence-corrected chi connectivity index (χ1v) is 8.43. The first-order chi connectivity index (χ1) is 12.1. The molecule has 1 aliphatic carbocycles. The summed E-state index contributed by atoms with van der Waals surface area (Å²) in [6.07, 6.45) is 6.83. The van der Waals surface area contributed by atoms with Crippen LogP contribution in [-0.2, 0) is 19.2 Å². The third-order valence-corrected chi connectivity index (χ3v) is 4.13. The van der Waals surface area contributed by atoms with Crippen LogP contribution >= 0.6 is 0 Å². The van der Waals surface area contributed by atoms with E-state index in [1.165, 1.54) is 13.3 Å². The molecule has 0 aromatic rings. The molecule has 0 bridgehead atoms. The number of aliphatic carboxylic acids is 4. The molecule has 0 saturated heterocycles. The summed E-state index contributed by atoms with van der Waals surface area (Å²) in [6, 6.07) is 0. The van der Waals surface area contributed by atoms with E-state index in [1.807, 2.05) is 0 Å². The second kappa shape index (κ2) is 11.8. The molecule has 1 saturated carbocycles. The second-order valence-electron chi connectivity index (χ2n) is 6.10. The van der Waals surface area contributed by atoms with Gasteiger partial charge in [0, 0.05) is 22.8 Å². The molecule has 146 valence electrons. The molecule has 8 nitrogen and oxygen atoms in total. The molecule has 8 heteroatoms. The van der Waals surface area contributed by atoms with Crippen LogP contribution in [0.5, 0.6) is 0 Å². The van der Waals surface area contributed by atoms with E-state index >= 15 is 0 Å². The lowest BCUT2D eigenvalue weighted by atomic mass is 9.83. The minimum Gasteiger partial charge on any atom is -0.478 e. The first kappa shape index (κ1) is 23.4. The van der Waals surface area contributed by atoms with Gasteiger partial charge in [0.2, 0.25) is 0 Å². The largest absolute Gasteiger partial charge is 0.478 e. The summed E-state index contributed by atoms with van der Waals surface area (Å²) in [7, 11) is 0. The zero-order valence-electron chi connectivity index (χ0n) is 15.0. The minimum atomic E-state index is -1.24. The van der Waals surface area contributed by atoms with Gasteiger partial charge in [0.1, 0.15) is 0 Å². The average molecular weight is 370 g/mol. The number of carbonyl (C=O) groups is 4. The molecule has 1 aliphatic rings. The number of hydrogen-bond donors (Lipinski definition) is 4. The van der Waals surface area contributed by atoms with Gasteiger partial charge in [-0.25, -0.2) is 19.2 Å². The van der Waals surface area contributed by atoms with Gasteiger partial charge in [0.05, 0.1) is 0 Å². The van der Waals surface area contributed by atoms with Crippen LogP contribution in [0.25, 0.3) is 0 Å². The Kier molecular flexibility index (Phi) is 10.6. The van der Waals surface area contributed by atoms with Crippen molar-refractivity contribution in [2.75, 3.05) is 0 Å². The van der Waals surface area contributed by atoms with Gasteiger partial charge in [-0.15, -0.1) is 0 Å². The highest BCUT2D eigenvalue weighted by Crippen LogP contribution is 2.30. The third-order valence-electron chi connectivity index (χ3n) is 4.13. The van der Waals surface area contributed by atoms with Gasteiger partial charge in [0.15, 0.2) is 0 Å². The Balaban J connectivity index is 0.000000590. The molecule has 0 spiro atoms. The minimum absolute atomic E-state index is 0.0584. The van der Waals surface area contributed by atoms with E-state index in [1.54, 1.807) is 6.92 Å². The van der Waals surface area contributed by atoms with Gasteiger partial charge in [-0.05, 0) is 25.7 Å². The highest BCUT2D eigenvalue weighted by Gasteiger charge is 2.23. The van der Waals surface area contributed by atoms with E-state index < -0.39 is 23.9 Å². The summed E-state index contributed by atoms with van der Waals surface area (Å²) in [5, 5.41) is 34.2. The van der Waals surface area contributed by atoms with Crippen LogP contribution in [0.15, 0.2) is 22.8 Å². The maximum Gasteiger partial charge on any atom is 0.332 e. The van der Waals surface area contributed by atoms with Gasteiger partial charge in [0.25, 0.3) is 0 Å². The molecule has 0 radical (unpaired) electrons. The van der Waals surface area contributed by atoms with Crippen molar-refractivity contribution in [3.05, 3.63) is 22.8 Å². The van der Waals surface area contributed by atoms with E-state index in [2.05, 4.69) is 0 Å². The molecule has 0 amide bonds. The molecule has 1 fully saturated rings. The van der Waals surface area contributed by atoms with Crippen molar-refractivity contribution < 1.29 is 39.6 Å². The monoisotopic (exact) mass is 370 g/mol. The van der Waals surface area contributed by atoms with Crippen molar-refractivity contribution in [2.24, 2.45) is 5.92 Å². The topological polar surface area (TPSA) is 149 Å². The van der Waals surface area contributed by atoms with E-state index in [9.17, 15) is 19.2 Å². The first-order valence-electron chi connectivity index (χ1n) is 8.43. The van der Waals surface area contributed by atoms with Crippen LogP contribution in [0.3, 0.4) is 0 Å². The number of hydrogen-bond acceptors (Lipinski definition) is 4. The molecular weight excluding hydrogens is 344 g/mol. The van der Waals surface area contributed by atoms with E-state index in [0.717, 1.165) is 25.7 Å². The van der Waals surface area contributed by atoms with Gasteiger partial charge in [-0.2, -0.15) is 0 Å². The molecule has 1 rings (SSSR count). The lowest BCUT2D eigenvalue weighted by molar-refractivity contribution is -0.136. The fourth-order valence-corrected chi connectivity index (χ4v) is 2.76. The quantitative estimate of drug-likeness (QED) is 0.500. The van der Waals surface area contributed by atoms with Gasteiger partial charge in [-0.3, -0.25) is 0 Å². The molecule has 0 aromatic carbocycles. The van der Waals surface area contributed by atoms with Gasteiger partial charge >= 0.3 is 23.9 Å². The Morgan fingerprint density at radius 3 is 1.65 bits per heavy atom. The average Bonchev–Trinajstić information content (AvgIpc) is 2.55. The van der Waals surface area contributed by atoms with Crippen LogP contribution < -0.4 is 0 Å². The maximum atomic E-state index is 11.2. The summed E-state index contributed by atoms with van der Waals surface area (Å²) in [5.74, 6) is -4.28. The normalized spacial score (nSPS) is 16.0. The van der Waals surface area contributed by atoms with Crippen LogP contribution in [0.1, 0.15) is 58.8 Å². The second-order valence-corrected chi connectivity index (χ2v) is 6.10. The number of carboxylic acid groups (broad SMARTS) is 4. The molecule has 0 unspecified atom stereocenters. The molecule has 4 N–H and O–H groups in total. The fraction of sp³-hybridized carbons (Fsp3) is 0.556. The Bertz CT molecular complexity index is 594. The van der Waals surface area contributed by atoms with Crippen molar-refractivity contribution in [3.8, 4) is 0 Å². The fourth-order valence-electron chi connectivity index (χ4n) is 2.76. The maximum absolute atomic E-state index is 11.2.